The number of thiazole rings is 1. The Labute approximate surface area is 129 Å². The molecule has 0 fully saturated rings. The maximum atomic E-state index is 11.9. The van der Waals surface area contributed by atoms with Gasteiger partial charge in [0.05, 0.1) is 12.2 Å². The van der Waals surface area contributed by atoms with Crippen LogP contribution in [-0.4, -0.2) is 41.5 Å². The van der Waals surface area contributed by atoms with Crippen LogP contribution in [0.15, 0.2) is 11.6 Å². The number of hydrogen-bond acceptors (Lipinski definition) is 5. The largest absolute Gasteiger partial charge is 0.355 e. The summed E-state index contributed by atoms with van der Waals surface area (Å²) in [5.41, 5.74) is 1.11. The lowest BCUT2D eigenvalue weighted by Crippen LogP contribution is -2.38. The smallest absolute Gasteiger partial charge is 0.239 e. The molecule has 0 aliphatic rings. The number of hydrogen-bond donors (Lipinski definition) is 2. The summed E-state index contributed by atoms with van der Waals surface area (Å²) in [5.74, 6) is 0.932. The predicted octanol–water partition coefficient (Wildman–Crippen LogP) is 1.47. The molecule has 0 unspecified atom stereocenters. The standard InChI is InChI=1S/C14H23N5OS/c1-4-15-9-11-13(17-14-19(11)7-8-21-14)18(6-3)10-12(20)16-5-2/h7-8,15H,4-6,9-10H2,1-3H3,(H,16,20). The van der Waals surface area contributed by atoms with Crippen LogP contribution in [0.3, 0.4) is 0 Å². The summed E-state index contributed by atoms with van der Waals surface area (Å²) < 4.78 is 2.10. The van der Waals surface area contributed by atoms with Gasteiger partial charge in [0.25, 0.3) is 0 Å². The third kappa shape index (κ3) is 3.54. The minimum absolute atomic E-state index is 0.0325. The number of carbonyl (C=O) groups excluding carboxylic acids is 1. The van der Waals surface area contributed by atoms with Crippen molar-refractivity contribution in [3.05, 3.63) is 17.3 Å². The van der Waals surface area contributed by atoms with Gasteiger partial charge in [0.15, 0.2) is 10.8 Å². The molecule has 6 nitrogen and oxygen atoms in total. The molecular formula is C14H23N5OS. The molecule has 2 heterocycles. The zero-order chi connectivity index (χ0) is 15.2. The molecule has 0 saturated carbocycles. The minimum Gasteiger partial charge on any atom is -0.355 e. The molecule has 0 radical (unpaired) electrons. The Balaban J connectivity index is 2.28. The highest BCUT2D eigenvalue weighted by atomic mass is 32.1. The van der Waals surface area contributed by atoms with Gasteiger partial charge in [-0.05, 0) is 20.4 Å². The van der Waals surface area contributed by atoms with E-state index in [9.17, 15) is 4.79 Å². The van der Waals surface area contributed by atoms with Crippen LogP contribution >= 0.6 is 11.3 Å². The van der Waals surface area contributed by atoms with Gasteiger partial charge in [-0.15, -0.1) is 11.3 Å². The van der Waals surface area contributed by atoms with Crippen LogP contribution in [0.1, 0.15) is 26.5 Å². The van der Waals surface area contributed by atoms with Crippen molar-refractivity contribution in [3.63, 3.8) is 0 Å². The van der Waals surface area contributed by atoms with Crippen LogP contribution in [-0.2, 0) is 11.3 Å². The Morgan fingerprint density at radius 3 is 2.86 bits per heavy atom. The van der Waals surface area contributed by atoms with E-state index in [0.29, 0.717) is 13.1 Å². The number of likely N-dealkylation sites (N-methyl/N-ethyl adjacent to an activating group) is 2. The van der Waals surface area contributed by atoms with Gasteiger partial charge in [0.1, 0.15) is 0 Å². The molecule has 0 aromatic carbocycles. The molecule has 2 aromatic heterocycles. The van der Waals surface area contributed by atoms with Gasteiger partial charge in [-0.25, -0.2) is 4.98 Å². The fourth-order valence-corrected chi connectivity index (χ4v) is 2.97. The average molecular weight is 309 g/mol. The van der Waals surface area contributed by atoms with Crippen molar-refractivity contribution < 1.29 is 4.79 Å². The fourth-order valence-electron chi connectivity index (χ4n) is 2.24. The number of imidazole rings is 1. The van der Waals surface area contributed by atoms with E-state index in [0.717, 1.165) is 36.1 Å². The van der Waals surface area contributed by atoms with E-state index >= 15 is 0 Å². The molecule has 0 spiro atoms. The lowest BCUT2D eigenvalue weighted by molar-refractivity contribution is -0.119. The molecule has 116 valence electrons. The van der Waals surface area contributed by atoms with E-state index in [1.807, 2.05) is 30.3 Å². The minimum atomic E-state index is 0.0325. The van der Waals surface area contributed by atoms with Crippen molar-refractivity contribution in [1.82, 2.24) is 20.0 Å². The molecular weight excluding hydrogens is 286 g/mol. The molecule has 0 aliphatic carbocycles. The highest BCUT2D eigenvalue weighted by Gasteiger charge is 2.19. The highest BCUT2D eigenvalue weighted by Crippen LogP contribution is 2.24. The third-order valence-corrected chi connectivity index (χ3v) is 4.03. The summed E-state index contributed by atoms with van der Waals surface area (Å²) in [5, 5.41) is 8.22. The topological polar surface area (TPSA) is 61.7 Å². The zero-order valence-corrected chi connectivity index (χ0v) is 13.7. The lowest BCUT2D eigenvalue weighted by Gasteiger charge is -2.21. The van der Waals surface area contributed by atoms with Crippen molar-refractivity contribution >= 4 is 28.0 Å². The van der Waals surface area contributed by atoms with E-state index in [4.69, 9.17) is 4.98 Å². The predicted molar refractivity (Wildman–Crippen MR) is 87.0 cm³/mol. The van der Waals surface area contributed by atoms with Gasteiger partial charge in [-0.2, -0.15) is 0 Å². The van der Waals surface area contributed by atoms with Crippen molar-refractivity contribution in [2.45, 2.75) is 27.3 Å². The summed E-state index contributed by atoms with van der Waals surface area (Å²) in [6, 6.07) is 0. The monoisotopic (exact) mass is 309 g/mol. The van der Waals surface area contributed by atoms with Gasteiger partial charge in [0.2, 0.25) is 5.91 Å². The summed E-state index contributed by atoms with van der Waals surface area (Å²) in [4.78, 5) is 19.6. The first-order chi connectivity index (χ1) is 10.2. The van der Waals surface area contributed by atoms with Crippen LogP contribution in [0.4, 0.5) is 5.82 Å². The Hall–Kier alpha value is -1.60. The second kappa shape index (κ2) is 7.42. The van der Waals surface area contributed by atoms with Crippen molar-refractivity contribution in [2.24, 2.45) is 0 Å². The third-order valence-electron chi connectivity index (χ3n) is 3.27. The second-order valence-corrected chi connectivity index (χ2v) is 5.56. The van der Waals surface area contributed by atoms with Crippen LogP contribution in [0, 0.1) is 0 Å². The summed E-state index contributed by atoms with van der Waals surface area (Å²) in [7, 11) is 0. The molecule has 0 saturated heterocycles. The average Bonchev–Trinajstić information content (AvgIpc) is 3.04. The van der Waals surface area contributed by atoms with Crippen LogP contribution < -0.4 is 15.5 Å². The maximum absolute atomic E-state index is 11.9. The zero-order valence-electron chi connectivity index (χ0n) is 12.8. The number of nitrogens with zero attached hydrogens (tertiary/aromatic N) is 3. The van der Waals surface area contributed by atoms with E-state index in [1.165, 1.54) is 0 Å². The molecule has 0 aliphatic heterocycles. The fraction of sp³-hybridized carbons (Fsp3) is 0.571. The van der Waals surface area contributed by atoms with Gasteiger partial charge >= 0.3 is 0 Å². The SMILES string of the molecule is CCNCc1c(N(CC)CC(=O)NCC)nc2sccn12. The number of amides is 1. The number of carbonyl (C=O) groups is 1. The summed E-state index contributed by atoms with van der Waals surface area (Å²) >= 11 is 1.61. The van der Waals surface area contributed by atoms with Gasteiger partial charge in [0, 0.05) is 31.2 Å². The number of fused-ring (bicyclic) bond motifs is 1. The van der Waals surface area contributed by atoms with E-state index in [2.05, 4.69) is 22.0 Å². The maximum Gasteiger partial charge on any atom is 0.239 e. The first-order valence-corrected chi connectivity index (χ1v) is 8.25. The molecule has 2 aromatic rings. The summed E-state index contributed by atoms with van der Waals surface area (Å²) in [6.07, 6.45) is 2.03. The number of anilines is 1. The van der Waals surface area contributed by atoms with Crippen molar-refractivity contribution in [1.29, 1.82) is 0 Å². The number of nitrogens with one attached hydrogen (secondary N) is 2. The number of rotatable bonds is 8. The van der Waals surface area contributed by atoms with Crippen molar-refractivity contribution in [3.8, 4) is 0 Å². The summed E-state index contributed by atoms with van der Waals surface area (Å²) in [6.45, 7) is 9.45. The first kappa shape index (κ1) is 15.8. The second-order valence-electron chi connectivity index (χ2n) is 4.69. The van der Waals surface area contributed by atoms with E-state index < -0.39 is 0 Å². The Morgan fingerprint density at radius 2 is 2.19 bits per heavy atom. The molecule has 1 amide bonds. The molecule has 2 rings (SSSR count). The molecule has 7 heteroatoms. The van der Waals surface area contributed by atoms with Gasteiger partial charge in [-0.1, -0.05) is 6.92 Å². The van der Waals surface area contributed by atoms with Crippen LogP contribution in [0.5, 0.6) is 0 Å². The molecule has 0 atom stereocenters. The molecule has 21 heavy (non-hydrogen) atoms. The van der Waals surface area contributed by atoms with E-state index in [1.54, 1.807) is 11.3 Å². The Morgan fingerprint density at radius 1 is 1.38 bits per heavy atom. The van der Waals surface area contributed by atoms with Crippen molar-refractivity contribution in [2.75, 3.05) is 31.1 Å². The van der Waals surface area contributed by atoms with Crippen LogP contribution in [0.2, 0.25) is 0 Å². The quantitative estimate of drug-likeness (QED) is 0.775. The Kier molecular flexibility index (Phi) is 5.58. The first-order valence-electron chi connectivity index (χ1n) is 7.38. The number of aromatic nitrogens is 2. The Bertz CT molecular complexity index is 591. The van der Waals surface area contributed by atoms with Crippen LogP contribution in [0.25, 0.3) is 4.96 Å². The van der Waals surface area contributed by atoms with Gasteiger partial charge < -0.3 is 15.5 Å². The lowest BCUT2D eigenvalue weighted by atomic mass is 10.3. The normalized spacial score (nSPS) is 11.0. The molecule has 2 N–H and O–H groups in total. The van der Waals surface area contributed by atoms with Gasteiger partial charge in [-0.3, -0.25) is 9.20 Å². The van der Waals surface area contributed by atoms with E-state index in [-0.39, 0.29) is 5.91 Å². The molecule has 0 bridgehead atoms. The highest BCUT2D eigenvalue weighted by molar-refractivity contribution is 7.15.